The van der Waals surface area contributed by atoms with Gasteiger partial charge in [-0.3, -0.25) is 0 Å². The van der Waals surface area contributed by atoms with Crippen molar-refractivity contribution < 1.29 is 13.9 Å². The van der Waals surface area contributed by atoms with E-state index in [0.29, 0.717) is 11.3 Å². The van der Waals surface area contributed by atoms with Crippen molar-refractivity contribution in [3.05, 3.63) is 48.5 Å². The second-order valence-corrected chi connectivity index (χ2v) is 4.69. The minimum absolute atomic E-state index is 0.152. The van der Waals surface area contributed by atoms with E-state index in [1.54, 1.807) is 0 Å². The molecular weight excluding hydrogens is 254 g/mol. The van der Waals surface area contributed by atoms with Crippen LogP contribution in [-0.4, -0.2) is 11.1 Å². The molecule has 1 aromatic heterocycles. The second-order valence-electron chi connectivity index (χ2n) is 4.69. The molecule has 4 nitrogen and oxygen atoms in total. The Morgan fingerprint density at radius 1 is 0.950 bits per heavy atom. The Bertz CT molecular complexity index is 668. The lowest BCUT2D eigenvalue weighted by Crippen LogP contribution is -2.05. The van der Waals surface area contributed by atoms with Crippen molar-refractivity contribution in [1.82, 2.24) is 4.98 Å². The average molecular weight is 269 g/mol. The number of nitrogens with zero attached hydrogens (tertiary/aromatic N) is 1. The highest BCUT2D eigenvalue weighted by molar-refractivity contribution is 5.72. The van der Waals surface area contributed by atoms with Gasteiger partial charge in [0.2, 0.25) is 0 Å². The van der Waals surface area contributed by atoms with E-state index >= 15 is 0 Å². The maximum absolute atomic E-state index is 5.59. The van der Waals surface area contributed by atoms with Gasteiger partial charge < -0.3 is 13.9 Å². The summed E-state index contributed by atoms with van der Waals surface area (Å²) in [5.74, 6) is 1.47. The van der Waals surface area contributed by atoms with Gasteiger partial charge in [-0.25, -0.2) is 0 Å². The lowest BCUT2D eigenvalue weighted by atomic mass is 10.3. The summed E-state index contributed by atoms with van der Waals surface area (Å²) in [5, 5.41) is 0. The predicted molar refractivity (Wildman–Crippen MR) is 76.3 cm³/mol. The van der Waals surface area contributed by atoms with Crippen molar-refractivity contribution in [2.45, 2.75) is 20.0 Å². The molecule has 2 aromatic carbocycles. The number of oxazole rings is 1. The van der Waals surface area contributed by atoms with Crippen LogP contribution in [0.5, 0.6) is 17.6 Å². The standard InChI is InChI=1S/C16H15NO3/c1-11(2)18-12-7-9-13(10-8-12)19-16-17-14-5-3-4-6-15(14)20-16/h3-11H,1-2H3. The summed E-state index contributed by atoms with van der Waals surface area (Å²) in [6.45, 7) is 3.98. The van der Waals surface area contributed by atoms with Crippen LogP contribution >= 0.6 is 0 Å². The fraction of sp³-hybridized carbons (Fsp3) is 0.188. The molecule has 0 bridgehead atoms. The van der Waals surface area contributed by atoms with E-state index in [4.69, 9.17) is 13.9 Å². The SMILES string of the molecule is CC(C)Oc1ccc(Oc2nc3ccccc3o2)cc1. The van der Waals surface area contributed by atoms with Gasteiger partial charge in [0.05, 0.1) is 6.10 Å². The fourth-order valence-electron chi connectivity index (χ4n) is 1.85. The summed E-state index contributed by atoms with van der Waals surface area (Å²) >= 11 is 0. The molecule has 0 atom stereocenters. The Hall–Kier alpha value is -2.49. The Morgan fingerprint density at radius 3 is 2.35 bits per heavy atom. The van der Waals surface area contributed by atoms with Gasteiger partial charge in [0, 0.05) is 0 Å². The van der Waals surface area contributed by atoms with Gasteiger partial charge in [0.15, 0.2) is 5.58 Å². The fourth-order valence-corrected chi connectivity index (χ4v) is 1.85. The summed E-state index contributed by atoms with van der Waals surface area (Å²) < 4.78 is 16.7. The molecule has 0 amide bonds. The second kappa shape index (κ2) is 5.25. The van der Waals surface area contributed by atoms with E-state index in [9.17, 15) is 0 Å². The summed E-state index contributed by atoms with van der Waals surface area (Å²) in [6, 6.07) is 14.9. The van der Waals surface area contributed by atoms with E-state index in [0.717, 1.165) is 11.3 Å². The first-order valence-corrected chi connectivity index (χ1v) is 6.51. The highest BCUT2D eigenvalue weighted by Crippen LogP contribution is 2.26. The molecule has 0 aliphatic carbocycles. The number of rotatable bonds is 4. The normalized spacial score (nSPS) is 10.9. The molecule has 0 fully saturated rings. The Balaban J connectivity index is 1.76. The summed E-state index contributed by atoms with van der Waals surface area (Å²) in [7, 11) is 0. The molecule has 0 spiro atoms. The highest BCUT2D eigenvalue weighted by Gasteiger charge is 2.07. The first-order valence-electron chi connectivity index (χ1n) is 6.51. The number of hydrogen-bond donors (Lipinski definition) is 0. The third kappa shape index (κ3) is 2.74. The average Bonchev–Trinajstić information content (AvgIpc) is 2.82. The van der Waals surface area contributed by atoms with E-state index in [1.807, 2.05) is 62.4 Å². The summed E-state index contributed by atoms with van der Waals surface area (Å²) in [5.41, 5.74) is 1.49. The van der Waals surface area contributed by atoms with Gasteiger partial charge in [-0.15, -0.1) is 0 Å². The number of ether oxygens (including phenoxy) is 2. The smallest absolute Gasteiger partial charge is 0.400 e. The van der Waals surface area contributed by atoms with E-state index < -0.39 is 0 Å². The van der Waals surface area contributed by atoms with Gasteiger partial charge >= 0.3 is 6.08 Å². The molecule has 0 aliphatic rings. The number of fused-ring (bicyclic) bond motifs is 1. The molecule has 20 heavy (non-hydrogen) atoms. The monoisotopic (exact) mass is 269 g/mol. The highest BCUT2D eigenvalue weighted by atomic mass is 16.6. The number of aromatic nitrogens is 1. The molecular formula is C16H15NO3. The molecule has 0 saturated heterocycles. The molecule has 0 unspecified atom stereocenters. The van der Waals surface area contributed by atoms with Crippen molar-refractivity contribution in [3.8, 4) is 17.6 Å². The molecule has 4 heteroatoms. The van der Waals surface area contributed by atoms with E-state index in [1.165, 1.54) is 0 Å². The van der Waals surface area contributed by atoms with Crippen LogP contribution in [0.4, 0.5) is 0 Å². The molecule has 0 radical (unpaired) electrons. The van der Waals surface area contributed by atoms with Crippen molar-refractivity contribution in [2.24, 2.45) is 0 Å². The molecule has 0 N–H and O–H groups in total. The van der Waals surface area contributed by atoms with E-state index in [-0.39, 0.29) is 12.2 Å². The van der Waals surface area contributed by atoms with Crippen LogP contribution in [0.3, 0.4) is 0 Å². The van der Waals surface area contributed by atoms with Crippen molar-refractivity contribution in [2.75, 3.05) is 0 Å². The minimum atomic E-state index is 0.152. The van der Waals surface area contributed by atoms with Crippen molar-refractivity contribution in [1.29, 1.82) is 0 Å². The first-order chi connectivity index (χ1) is 9.70. The van der Waals surface area contributed by atoms with Crippen molar-refractivity contribution >= 4 is 11.1 Å². The molecule has 3 aromatic rings. The van der Waals surface area contributed by atoms with Gasteiger partial charge in [-0.05, 0) is 50.2 Å². The van der Waals surface area contributed by atoms with Gasteiger partial charge in [0.25, 0.3) is 0 Å². The number of hydrogen-bond acceptors (Lipinski definition) is 4. The maximum Gasteiger partial charge on any atom is 0.400 e. The Kier molecular flexibility index (Phi) is 3.29. The van der Waals surface area contributed by atoms with Gasteiger partial charge in [0.1, 0.15) is 17.0 Å². The Labute approximate surface area is 117 Å². The topological polar surface area (TPSA) is 44.5 Å². The predicted octanol–water partition coefficient (Wildman–Crippen LogP) is 4.41. The number of benzene rings is 2. The zero-order valence-electron chi connectivity index (χ0n) is 11.4. The van der Waals surface area contributed by atoms with Crippen LogP contribution in [0, 0.1) is 0 Å². The summed E-state index contributed by atoms with van der Waals surface area (Å²) in [4.78, 5) is 4.26. The lowest BCUT2D eigenvalue weighted by molar-refractivity contribution is 0.242. The quantitative estimate of drug-likeness (QED) is 0.703. The molecule has 3 rings (SSSR count). The van der Waals surface area contributed by atoms with Gasteiger partial charge in [-0.1, -0.05) is 12.1 Å². The third-order valence-electron chi connectivity index (χ3n) is 2.67. The minimum Gasteiger partial charge on any atom is -0.491 e. The van der Waals surface area contributed by atoms with Crippen LogP contribution < -0.4 is 9.47 Å². The zero-order chi connectivity index (χ0) is 13.9. The van der Waals surface area contributed by atoms with Crippen LogP contribution in [0.15, 0.2) is 52.9 Å². The van der Waals surface area contributed by atoms with Crippen LogP contribution in [0.2, 0.25) is 0 Å². The zero-order valence-corrected chi connectivity index (χ0v) is 11.4. The number of para-hydroxylation sites is 2. The first kappa shape index (κ1) is 12.5. The Morgan fingerprint density at radius 2 is 1.65 bits per heavy atom. The lowest BCUT2D eigenvalue weighted by Gasteiger charge is -2.09. The molecule has 1 heterocycles. The van der Waals surface area contributed by atoms with Crippen LogP contribution in [-0.2, 0) is 0 Å². The van der Waals surface area contributed by atoms with Crippen LogP contribution in [0.25, 0.3) is 11.1 Å². The van der Waals surface area contributed by atoms with Crippen LogP contribution in [0.1, 0.15) is 13.8 Å². The van der Waals surface area contributed by atoms with Gasteiger partial charge in [-0.2, -0.15) is 4.98 Å². The van der Waals surface area contributed by atoms with E-state index in [2.05, 4.69) is 4.98 Å². The third-order valence-corrected chi connectivity index (χ3v) is 2.67. The summed E-state index contributed by atoms with van der Waals surface area (Å²) in [6.07, 6.45) is 0.391. The largest absolute Gasteiger partial charge is 0.491 e. The molecule has 102 valence electrons. The molecule has 0 saturated carbocycles. The van der Waals surface area contributed by atoms with Crippen molar-refractivity contribution in [3.63, 3.8) is 0 Å². The maximum atomic E-state index is 5.59. The molecule has 0 aliphatic heterocycles.